The second-order valence-corrected chi connectivity index (χ2v) is 6.69. The second kappa shape index (κ2) is 9.72. The summed E-state index contributed by atoms with van der Waals surface area (Å²) < 4.78 is 5.10. The highest BCUT2D eigenvalue weighted by atomic mass is 16.5. The SMILES string of the molecule is C[C@H](NC(=O)[C@@H]1CCCN1C(=O)[C@H](C)NC(=O)OCc1ccccc1)C(=O)O. The Morgan fingerprint density at radius 2 is 1.82 bits per heavy atom. The molecule has 28 heavy (non-hydrogen) atoms. The predicted octanol–water partition coefficient (Wildman–Crippen LogP) is 0.882. The number of hydrogen-bond acceptors (Lipinski definition) is 5. The molecule has 0 spiro atoms. The fourth-order valence-corrected chi connectivity index (χ4v) is 2.93. The van der Waals surface area contributed by atoms with E-state index in [9.17, 15) is 19.2 Å². The highest BCUT2D eigenvalue weighted by Crippen LogP contribution is 2.19. The maximum absolute atomic E-state index is 12.6. The van der Waals surface area contributed by atoms with E-state index in [-0.39, 0.29) is 6.61 Å². The van der Waals surface area contributed by atoms with E-state index in [4.69, 9.17) is 9.84 Å². The largest absolute Gasteiger partial charge is 0.480 e. The molecule has 9 heteroatoms. The zero-order valence-electron chi connectivity index (χ0n) is 15.9. The summed E-state index contributed by atoms with van der Waals surface area (Å²) in [7, 11) is 0. The summed E-state index contributed by atoms with van der Waals surface area (Å²) in [5, 5.41) is 13.8. The standard InChI is InChI=1S/C19H25N3O6/c1-12(21-19(27)28-11-14-7-4-3-5-8-14)17(24)22-10-6-9-15(22)16(23)20-13(2)18(25)26/h3-5,7-8,12-13,15H,6,9-11H2,1-2H3,(H,20,23)(H,21,27)(H,25,26)/t12-,13-,15-/m0/s1. The number of likely N-dealkylation sites (tertiary alicyclic amines) is 1. The first-order valence-electron chi connectivity index (χ1n) is 9.10. The van der Waals surface area contributed by atoms with Gasteiger partial charge in [-0.1, -0.05) is 30.3 Å². The molecule has 0 aromatic heterocycles. The Bertz CT molecular complexity index is 724. The molecule has 3 atom stereocenters. The summed E-state index contributed by atoms with van der Waals surface area (Å²) in [6.45, 7) is 3.31. The van der Waals surface area contributed by atoms with E-state index in [1.165, 1.54) is 18.7 Å². The van der Waals surface area contributed by atoms with Gasteiger partial charge in [-0.15, -0.1) is 0 Å². The predicted molar refractivity (Wildman–Crippen MR) is 99.2 cm³/mol. The maximum Gasteiger partial charge on any atom is 0.408 e. The minimum absolute atomic E-state index is 0.0788. The van der Waals surface area contributed by atoms with Crippen molar-refractivity contribution in [2.24, 2.45) is 0 Å². The minimum atomic E-state index is -1.15. The van der Waals surface area contributed by atoms with Gasteiger partial charge >= 0.3 is 12.1 Å². The number of carboxylic acid groups (broad SMARTS) is 1. The third-order valence-corrected chi connectivity index (χ3v) is 4.49. The summed E-state index contributed by atoms with van der Waals surface area (Å²) in [5.41, 5.74) is 0.820. The molecule has 1 aliphatic heterocycles. The first-order valence-corrected chi connectivity index (χ1v) is 9.10. The number of nitrogens with one attached hydrogen (secondary N) is 2. The van der Waals surface area contributed by atoms with Gasteiger partial charge in [-0.25, -0.2) is 4.79 Å². The molecule has 1 heterocycles. The van der Waals surface area contributed by atoms with Crippen molar-refractivity contribution >= 4 is 23.9 Å². The van der Waals surface area contributed by atoms with E-state index in [1.807, 2.05) is 30.3 Å². The number of alkyl carbamates (subject to hydrolysis) is 1. The molecule has 0 bridgehead atoms. The normalized spacial score (nSPS) is 18.1. The van der Waals surface area contributed by atoms with Gasteiger partial charge in [0.05, 0.1) is 0 Å². The first-order chi connectivity index (χ1) is 13.3. The van der Waals surface area contributed by atoms with E-state index in [2.05, 4.69) is 10.6 Å². The van der Waals surface area contributed by atoms with E-state index in [0.29, 0.717) is 19.4 Å². The number of nitrogens with zero attached hydrogens (tertiary/aromatic N) is 1. The average molecular weight is 391 g/mol. The van der Waals surface area contributed by atoms with Crippen LogP contribution in [0.5, 0.6) is 0 Å². The number of aliphatic carboxylic acids is 1. The van der Waals surface area contributed by atoms with Crippen LogP contribution < -0.4 is 10.6 Å². The molecule has 0 saturated carbocycles. The van der Waals surface area contributed by atoms with Gasteiger partial charge in [0.15, 0.2) is 0 Å². The number of rotatable bonds is 7. The van der Waals surface area contributed by atoms with Crippen LogP contribution in [0.4, 0.5) is 4.79 Å². The highest BCUT2D eigenvalue weighted by Gasteiger charge is 2.37. The highest BCUT2D eigenvalue weighted by molar-refractivity contribution is 5.93. The number of amides is 3. The Morgan fingerprint density at radius 3 is 2.46 bits per heavy atom. The molecule has 3 amide bonds. The smallest absolute Gasteiger partial charge is 0.408 e. The molecule has 1 fully saturated rings. The van der Waals surface area contributed by atoms with Crippen molar-refractivity contribution in [3.8, 4) is 0 Å². The molecule has 1 aliphatic rings. The van der Waals surface area contributed by atoms with E-state index < -0.39 is 42.0 Å². The van der Waals surface area contributed by atoms with Crippen molar-refractivity contribution in [2.45, 2.75) is 51.4 Å². The van der Waals surface area contributed by atoms with Gasteiger partial charge < -0.3 is 25.4 Å². The summed E-state index contributed by atoms with van der Waals surface area (Å²) in [4.78, 5) is 49.2. The number of carbonyl (C=O) groups is 4. The summed E-state index contributed by atoms with van der Waals surface area (Å²) in [6.07, 6.45) is 0.329. The van der Waals surface area contributed by atoms with Crippen molar-refractivity contribution in [1.29, 1.82) is 0 Å². The number of carbonyl (C=O) groups excluding carboxylic acids is 3. The van der Waals surface area contributed by atoms with Crippen LogP contribution in [0.1, 0.15) is 32.3 Å². The Balaban J connectivity index is 1.87. The van der Waals surface area contributed by atoms with Crippen LogP contribution in [0.3, 0.4) is 0 Å². The Morgan fingerprint density at radius 1 is 1.14 bits per heavy atom. The van der Waals surface area contributed by atoms with E-state index in [1.54, 1.807) is 0 Å². The minimum Gasteiger partial charge on any atom is -0.480 e. The monoisotopic (exact) mass is 391 g/mol. The van der Waals surface area contributed by atoms with Gasteiger partial charge in [0.2, 0.25) is 11.8 Å². The number of ether oxygens (including phenoxy) is 1. The van der Waals surface area contributed by atoms with Crippen molar-refractivity contribution in [3.05, 3.63) is 35.9 Å². The van der Waals surface area contributed by atoms with Gasteiger partial charge in [-0.2, -0.15) is 0 Å². The fraction of sp³-hybridized carbons (Fsp3) is 0.474. The lowest BCUT2D eigenvalue weighted by Gasteiger charge is -2.27. The number of benzene rings is 1. The van der Waals surface area contributed by atoms with Crippen LogP contribution in [-0.2, 0) is 25.7 Å². The van der Waals surface area contributed by atoms with Crippen molar-refractivity contribution in [2.75, 3.05) is 6.54 Å². The lowest BCUT2D eigenvalue weighted by molar-refractivity contribution is -0.143. The van der Waals surface area contributed by atoms with Gasteiger partial charge in [0, 0.05) is 6.54 Å². The zero-order valence-corrected chi connectivity index (χ0v) is 15.9. The second-order valence-electron chi connectivity index (χ2n) is 6.69. The number of carboxylic acids is 1. The molecule has 2 rings (SSSR count). The third-order valence-electron chi connectivity index (χ3n) is 4.49. The van der Waals surface area contributed by atoms with Crippen LogP contribution in [0, 0.1) is 0 Å². The summed E-state index contributed by atoms with van der Waals surface area (Å²) in [6, 6.07) is 6.45. The molecule has 0 radical (unpaired) electrons. The molecular formula is C19H25N3O6. The molecule has 152 valence electrons. The molecular weight excluding hydrogens is 366 g/mol. The molecule has 9 nitrogen and oxygen atoms in total. The van der Waals surface area contributed by atoms with Gasteiger partial charge in [-0.3, -0.25) is 14.4 Å². The van der Waals surface area contributed by atoms with Crippen LogP contribution in [0.15, 0.2) is 30.3 Å². The van der Waals surface area contributed by atoms with Crippen molar-refractivity contribution < 1.29 is 29.0 Å². The van der Waals surface area contributed by atoms with Crippen molar-refractivity contribution in [3.63, 3.8) is 0 Å². The van der Waals surface area contributed by atoms with Gasteiger partial charge in [0.25, 0.3) is 0 Å². The van der Waals surface area contributed by atoms with Crippen molar-refractivity contribution in [1.82, 2.24) is 15.5 Å². The molecule has 1 aromatic rings. The Hall–Kier alpha value is -3.10. The molecule has 0 unspecified atom stereocenters. The van der Waals surface area contributed by atoms with E-state index in [0.717, 1.165) is 5.56 Å². The maximum atomic E-state index is 12.6. The Kier molecular flexibility index (Phi) is 7.36. The zero-order chi connectivity index (χ0) is 20.7. The van der Waals surface area contributed by atoms with Crippen LogP contribution in [-0.4, -0.2) is 58.6 Å². The number of hydrogen-bond donors (Lipinski definition) is 3. The Labute approximate surface area is 163 Å². The lowest BCUT2D eigenvalue weighted by atomic mass is 10.1. The van der Waals surface area contributed by atoms with Gasteiger partial charge in [-0.05, 0) is 32.3 Å². The molecule has 0 aliphatic carbocycles. The molecule has 1 aromatic carbocycles. The summed E-state index contributed by atoms with van der Waals surface area (Å²) >= 11 is 0. The molecule has 3 N–H and O–H groups in total. The third kappa shape index (κ3) is 5.70. The topological polar surface area (TPSA) is 125 Å². The lowest BCUT2D eigenvalue weighted by Crippen LogP contribution is -2.54. The van der Waals surface area contributed by atoms with Crippen LogP contribution >= 0.6 is 0 Å². The van der Waals surface area contributed by atoms with Crippen LogP contribution in [0.25, 0.3) is 0 Å². The first kappa shape index (κ1) is 21.2. The van der Waals surface area contributed by atoms with E-state index >= 15 is 0 Å². The molecule has 1 saturated heterocycles. The fourth-order valence-electron chi connectivity index (χ4n) is 2.93. The summed E-state index contributed by atoms with van der Waals surface area (Å²) in [5.74, 6) is -2.09. The quantitative estimate of drug-likeness (QED) is 0.634. The average Bonchev–Trinajstić information content (AvgIpc) is 3.16. The van der Waals surface area contributed by atoms with Crippen LogP contribution in [0.2, 0.25) is 0 Å². The van der Waals surface area contributed by atoms with Gasteiger partial charge in [0.1, 0.15) is 24.7 Å².